The van der Waals surface area contributed by atoms with Crippen LogP contribution in [0.5, 0.6) is 0 Å². The SMILES string of the molecule is NNC(=O)C(CCCCl)c1cccc(F)c1. The van der Waals surface area contributed by atoms with Crippen molar-refractivity contribution in [3.05, 3.63) is 35.6 Å². The van der Waals surface area contributed by atoms with Crippen molar-refractivity contribution in [1.82, 2.24) is 5.43 Å². The monoisotopic (exact) mass is 244 g/mol. The van der Waals surface area contributed by atoms with Gasteiger partial charge in [0.15, 0.2) is 0 Å². The first-order chi connectivity index (χ1) is 7.69. The zero-order valence-electron chi connectivity index (χ0n) is 8.75. The number of carbonyl (C=O) groups excluding carboxylic acids is 1. The van der Waals surface area contributed by atoms with E-state index in [2.05, 4.69) is 5.43 Å². The summed E-state index contributed by atoms with van der Waals surface area (Å²) in [5.74, 6) is 4.42. The van der Waals surface area contributed by atoms with Crippen LogP contribution in [0.1, 0.15) is 24.3 Å². The van der Waals surface area contributed by atoms with Gasteiger partial charge < -0.3 is 0 Å². The van der Waals surface area contributed by atoms with E-state index in [4.69, 9.17) is 17.4 Å². The summed E-state index contributed by atoms with van der Waals surface area (Å²) in [6.07, 6.45) is 1.23. The van der Waals surface area contributed by atoms with Gasteiger partial charge in [-0.1, -0.05) is 12.1 Å². The van der Waals surface area contributed by atoms with Gasteiger partial charge in [-0.25, -0.2) is 10.2 Å². The van der Waals surface area contributed by atoms with Crippen LogP contribution in [-0.2, 0) is 4.79 Å². The summed E-state index contributed by atoms with van der Waals surface area (Å²) < 4.78 is 13.0. The van der Waals surface area contributed by atoms with Crippen LogP contribution in [0.4, 0.5) is 4.39 Å². The molecular formula is C11H14ClFN2O. The molecule has 0 aliphatic carbocycles. The van der Waals surface area contributed by atoms with Gasteiger partial charge >= 0.3 is 0 Å². The predicted molar refractivity (Wildman–Crippen MR) is 61.4 cm³/mol. The van der Waals surface area contributed by atoms with Crippen LogP contribution in [0.2, 0.25) is 0 Å². The fourth-order valence-corrected chi connectivity index (χ4v) is 1.71. The third kappa shape index (κ3) is 3.47. The van der Waals surface area contributed by atoms with Crippen molar-refractivity contribution in [2.45, 2.75) is 18.8 Å². The number of hydrogen-bond donors (Lipinski definition) is 2. The highest BCUT2D eigenvalue weighted by Gasteiger charge is 2.19. The Morgan fingerprint density at radius 2 is 2.31 bits per heavy atom. The summed E-state index contributed by atoms with van der Waals surface area (Å²) in [4.78, 5) is 11.5. The van der Waals surface area contributed by atoms with Crippen molar-refractivity contribution in [2.75, 3.05) is 5.88 Å². The molecule has 0 aromatic heterocycles. The number of amides is 1. The predicted octanol–water partition coefficient (Wildman–Crippen LogP) is 1.92. The molecule has 0 saturated heterocycles. The molecule has 0 aliphatic rings. The normalized spacial score (nSPS) is 12.2. The highest BCUT2D eigenvalue weighted by atomic mass is 35.5. The summed E-state index contributed by atoms with van der Waals surface area (Å²) in [6, 6.07) is 5.95. The molecule has 0 fully saturated rings. The Balaban J connectivity index is 2.87. The summed E-state index contributed by atoms with van der Waals surface area (Å²) in [5.41, 5.74) is 2.71. The van der Waals surface area contributed by atoms with E-state index in [1.165, 1.54) is 12.1 Å². The highest BCUT2D eigenvalue weighted by Crippen LogP contribution is 2.22. The van der Waals surface area contributed by atoms with E-state index in [9.17, 15) is 9.18 Å². The maximum absolute atomic E-state index is 13.0. The number of carbonyl (C=O) groups is 1. The smallest absolute Gasteiger partial charge is 0.241 e. The molecule has 1 atom stereocenters. The number of nitrogens with one attached hydrogen (secondary N) is 1. The van der Waals surface area contributed by atoms with Gasteiger partial charge in [0.05, 0.1) is 5.92 Å². The Hall–Kier alpha value is -1.13. The highest BCUT2D eigenvalue weighted by molar-refractivity contribution is 6.17. The average molecular weight is 245 g/mol. The number of hydrogen-bond acceptors (Lipinski definition) is 2. The Morgan fingerprint density at radius 3 is 2.88 bits per heavy atom. The van der Waals surface area contributed by atoms with E-state index in [1.807, 2.05) is 0 Å². The van der Waals surface area contributed by atoms with Crippen molar-refractivity contribution < 1.29 is 9.18 Å². The van der Waals surface area contributed by atoms with Crippen LogP contribution in [0.25, 0.3) is 0 Å². The quantitative estimate of drug-likeness (QED) is 0.360. The molecule has 5 heteroatoms. The lowest BCUT2D eigenvalue weighted by Gasteiger charge is -2.14. The Morgan fingerprint density at radius 1 is 1.56 bits per heavy atom. The molecule has 0 radical (unpaired) electrons. The summed E-state index contributed by atoms with van der Waals surface area (Å²) in [7, 11) is 0. The van der Waals surface area contributed by atoms with E-state index in [0.29, 0.717) is 24.3 Å². The topological polar surface area (TPSA) is 55.1 Å². The molecule has 16 heavy (non-hydrogen) atoms. The fourth-order valence-electron chi connectivity index (χ4n) is 1.55. The maximum atomic E-state index is 13.0. The molecule has 3 N–H and O–H groups in total. The van der Waals surface area contributed by atoms with Crippen molar-refractivity contribution in [2.24, 2.45) is 5.84 Å². The second-order valence-electron chi connectivity index (χ2n) is 3.45. The fraction of sp³-hybridized carbons (Fsp3) is 0.364. The largest absolute Gasteiger partial charge is 0.294 e. The molecular weight excluding hydrogens is 231 g/mol. The molecule has 0 heterocycles. The maximum Gasteiger partial charge on any atom is 0.241 e. The van der Waals surface area contributed by atoms with Crippen LogP contribution < -0.4 is 11.3 Å². The van der Waals surface area contributed by atoms with E-state index in [1.54, 1.807) is 12.1 Å². The molecule has 0 aliphatic heterocycles. The molecule has 1 aromatic rings. The van der Waals surface area contributed by atoms with Crippen molar-refractivity contribution in [3.63, 3.8) is 0 Å². The van der Waals surface area contributed by atoms with Gasteiger partial charge in [-0.2, -0.15) is 0 Å². The first-order valence-corrected chi connectivity index (χ1v) is 5.54. The van der Waals surface area contributed by atoms with Crippen molar-refractivity contribution in [1.29, 1.82) is 0 Å². The molecule has 0 bridgehead atoms. The van der Waals surface area contributed by atoms with Gasteiger partial charge in [0.25, 0.3) is 0 Å². The van der Waals surface area contributed by atoms with Gasteiger partial charge in [-0.15, -0.1) is 11.6 Å². The molecule has 0 spiro atoms. The summed E-state index contributed by atoms with van der Waals surface area (Å²) >= 11 is 5.58. The Labute approximate surface area is 98.7 Å². The van der Waals surface area contributed by atoms with Crippen LogP contribution in [0.3, 0.4) is 0 Å². The molecule has 0 saturated carbocycles. The Bertz CT molecular complexity index is 360. The van der Waals surface area contributed by atoms with Crippen molar-refractivity contribution in [3.8, 4) is 0 Å². The van der Waals surface area contributed by atoms with Crippen LogP contribution in [0.15, 0.2) is 24.3 Å². The van der Waals surface area contributed by atoms with Crippen LogP contribution >= 0.6 is 11.6 Å². The first-order valence-electron chi connectivity index (χ1n) is 5.01. The Kier molecular flexibility index (Phi) is 5.22. The minimum absolute atomic E-state index is 0.323. The molecule has 1 aromatic carbocycles. The van der Waals surface area contributed by atoms with E-state index < -0.39 is 5.92 Å². The molecule has 1 rings (SSSR count). The van der Waals surface area contributed by atoms with E-state index >= 15 is 0 Å². The minimum atomic E-state index is -0.445. The minimum Gasteiger partial charge on any atom is -0.294 e. The molecule has 88 valence electrons. The van der Waals surface area contributed by atoms with E-state index in [0.717, 1.165) is 0 Å². The molecule has 1 amide bonds. The molecule has 1 unspecified atom stereocenters. The zero-order valence-corrected chi connectivity index (χ0v) is 9.51. The number of halogens is 2. The third-order valence-corrected chi connectivity index (χ3v) is 2.60. The second-order valence-corrected chi connectivity index (χ2v) is 3.83. The zero-order chi connectivity index (χ0) is 12.0. The van der Waals surface area contributed by atoms with Gasteiger partial charge in [0.1, 0.15) is 5.82 Å². The lowest BCUT2D eigenvalue weighted by atomic mass is 9.94. The van der Waals surface area contributed by atoms with Crippen LogP contribution in [0, 0.1) is 5.82 Å². The number of alkyl halides is 1. The summed E-state index contributed by atoms with van der Waals surface area (Å²) in [5, 5.41) is 0. The number of hydrazine groups is 1. The average Bonchev–Trinajstić information content (AvgIpc) is 2.29. The number of rotatable bonds is 5. The van der Waals surface area contributed by atoms with Gasteiger partial charge in [0.2, 0.25) is 5.91 Å². The van der Waals surface area contributed by atoms with E-state index in [-0.39, 0.29) is 11.7 Å². The standard InChI is InChI=1S/C11H14ClFN2O/c12-6-2-5-10(11(16)15-14)8-3-1-4-9(13)7-8/h1,3-4,7,10H,2,5-6,14H2,(H,15,16). The van der Waals surface area contributed by atoms with Crippen molar-refractivity contribution >= 4 is 17.5 Å². The van der Waals surface area contributed by atoms with Gasteiger partial charge in [0, 0.05) is 5.88 Å². The summed E-state index contributed by atoms with van der Waals surface area (Å²) in [6.45, 7) is 0. The third-order valence-electron chi connectivity index (χ3n) is 2.34. The lowest BCUT2D eigenvalue weighted by Crippen LogP contribution is -2.34. The number of benzene rings is 1. The van der Waals surface area contributed by atoms with Gasteiger partial charge in [-0.3, -0.25) is 10.2 Å². The second kappa shape index (κ2) is 6.45. The van der Waals surface area contributed by atoms with Gasteiger partial charge in [-0.05, 0) is 30.5 Å². The number of nitrogens with two attached hydrogens (primary N) is 1. The lowest BCUT2D eigenvalue weighted by molar-refractivity contribution is -0.122. The molecule has 3 nitrogen and oxygen atoms in total. The van der Waals surface area contributed by atoms with Crippen LogP contribution in [-0.4, -0.2) is 11.8 Å². The first kappa shape index (κ1) is 12.9.